The first-order valence-electron chi connectivity index (χ1n) is 8.57. The maximum Gasteiger partial charge on any atom is 0.225 e. The van der Waals surface area contributed by atoms with Crippen LogP contribution in [0, 0.1) is 19.8 Å². The molecule has 1 N–H and O–H groups in total. The highest BCUT2D eigenvalue weighted by atomic mass is 32.1. The molecule has 0 aromatic carbocycles. The Balaban J connectivity index is 1.94. The van der Waals surface area contributed by atoms with Crippen molar-refractivity contribution >= 4 is 23.2 Å². The lowest BCUT2D eigenvalue weighted by molar-refractivity contribution is -0.135. The third-order valence-corrected chi connectivity index (χ3v) is 5.50. The lowest BCUT2D eigenvalue weighted by Crippen LogP contribution is -2.45. The highest BCUT2D eigenvalue weighted by Gasteiger charge is 2.29. The van der Waals surface area contributed by atoms with Crippen molar-refractivity contribution in [1.29, 1.82) is 0 Å². The monoisotopic (exact) mass is 336 g/mol. The number of carbonyl (C=O) groups excluding carboxylic acids is 2. The molecule has 5 heteroatoms. The zero-order valence-corrected chi connectivity index (χ0v) is 15.5. The molecule has 23 heavy (non-hydrogen) atoms. The minimum Gasteiger partial charge on any atom is -0.349 e. The zero-order valence-electron chi connectivity index (χ0n) is 14.6. The molecule has 0 spiro atoms. The number of amides is 2. The molecule has 2 amide bonds. The quantitative estimate of drug-likeness (QED) is 0.893. The van der Waals surface area contributed by atoms with Gasteiger partial charge in [-0.25, -0.2) is 0 Å². The lowest BCUT2D eigenvalue weighted by atomic mass is 9.96. The van der Waals surface area contributed by atoms with Crippen LogP contribution in [0.3, 0.4) is 0 Å². The molecule has 0 bridgehead atoms. The third kappa shape index (κ3) is 4.56. The van der Waals surface area contributed by atoms with Crippen LogP contribution in [0.15, 0.2) is 6.07 Å². The summed E-state index contributed by atoms with van der Waals surface area (Å²) in [6, 6.07) is 2.18. The van der Waals surface area contributed by atoms with Crippen molar-refractivity contribution in [2.75, 3.05) is 13.1 Å². The summed E-state index contributed by atoms with van der Waals surface area (Å²) < 4.78 is 0. The number of thiophene rings is 1. The molecular formula is C18H28N2O2S. The van der Waals surface area contributed by atoms with Gasteiger partial charge in [-0.2, -0.15) is 0 Å². The summed E-state index contributed by atoms with van der Waals surface area (Å²) in [5.41, 5.74) is 1.20. The van der Waals surface area contributed by atoms with Crippen molar-refractivity contribution in [3.05, 3.63) is 21.4 Å². The first-order chi connectivity index (χ1) is 10.9. The van der Waals surface area contributed by atoms with Gasteiger partial charge < -0.3 is 10.2 Å². The number of carbonyl (C=O) groups is 2. The molecule has 2 heterocycles. The second-order valence-corrected chi connectivity index (χ2v) is 7.99. The van der Waals surface area contributed by atoms with E-state index < -0.39 is 0 Å². The third-order valence-electron chi connectivity index (χ3n) is 4.51. The summed E-state index contributed by atoms with van der Waals surface area (Å²) in [5, 5.41) is 3.14. The number of aryl methyl sites for hydroxylation is 2. The Bertz CT molecular complexity index is 567. The molecule has 2 rings (SSSR count). The van der Waals surface area contributed by atoms with Gasteiger partial charge in [0.25, 0.3) is 0 Å². The average Bonchev–Trinajstić information content (AvgIpc) is 2.86. The molecule has 2 atom stereocenters. The maximum atomic E-state index is 12.6. The predicted octanol–water partition coefficient (Wildman–Crippen LogP) is 3.58. The molecule has 0 aliphatic carbocycles. The van der Waals surface area contributed by atoms with Crippen LogP contribution in [0.2, 0.25) is 0 Å². The Kier molecular flexibility index (Phi) is 6.22. The Morgan fingerprint density at radius 1 is 1.43 bits per heavy atom. The van der Waals surface area contributed by atoms with Gasteiger partial charge in [0.2, 0.25) is 11.8 Å². The molecule has 0 radical (unpaired) electrons. The van der Waals surface area contributed by atoms with Crippen molar-refractivity contribution in [3.63, 3.8) is 0 Å². The van der Waals surface area contributed by atoms with E-state index in [1.165, 1.54) is 15.3 Å². The van der Waals surface area contributed by atoms with Gasteiger partial charge >= 0.3 is 0 Å². The number of nitrogens with zero attached hydrogens (tertiary/aromatic N) is 1. The Morgan fingerprint density at radius 2 is 2.17 bits per heavy atom. The fourth-order valence-corrected chi connectivity index (χ4v) is 4.30. The van der Waals surface area contributed by atoms with Crippen LogP contribution in [0.25, 0.3) is 0 Å². The lowest BCUT2D eigenvalue weighted by Gasteiger charge is -2.32. The van der Waals surface area contributed by atoms with Gasteiger partial charge in [0.05, 0.1) is 12.0 Å². The topological polar surface area (TPSA) is 49.4 Å². The molecular weight excluding hydrogens is 308 g/mol. The van der Waals surface area contributed by atoms with Crippen LogP contribution >= 0.6 is 11.3 Å². The van der Waals surface area contributed by atoms with Crippen molar-refractivity contribution in [1.82, 2.24) is 10.2 Å². The fraction of sp³-hybridized carbons (Fsp3) is 0.667. The van der Waals surface area contributed by atoms with E-state index in [9.17, 15) is 9.59 Å². The maximum absolute atomic E-state index is 12.6. The fourth-order valence-electron chi connectivity index (χ4n) is 3.28. The van der Waals surface area contributed by atoms with Gasteiger partial charge in [-0.05, 0) is 51.7 Å². The van der Waals surface area contributed by atoms with Gasteiger partial charge in [0.15, 0.2) is 0 Å². The summed E-state index contributed by atoms with van der Waals surface area (Å²) in [5.74, 6) is 0.184. The summed E-state index contributed by atoms with van der Waals surface area (Å²) in [7, 11) is 0. The first-order valence-corrected chi connectivity index (χ1v) is 9.39. The number of hydrogen-bond acceptors (Lipinski definition) is 3. The van der Waals surface area contributed by atoms with Crippen LogP contribution in [0.1, 0.15) is 60.9 Å². The van der Waals surface area contributed by atoms with Crippen LogP contribution in [0.4, 0.5) is 0 Å². The molecule has 4 nitrogen and oxygen atoms in total. The molecule has 128 valence electrons. The zero-order chi connectivity index (χ0) is 17.0. The van der Waals surface area contributed by atoms with Crippen molar-refractivity contribution < 1.29 is 9.59 Å². The summed E-state index contributed by atoms with van der Waals surface area (Å²) in [6.07, 6.45) is 3.23. The first kappa shape index (κ1) is 18.0. The van der Waals surface area contributed by atoms with Gasteiger partial charge in [-0.3, -0.25) is 9.59 Å². The number of nitrogens with one attached hydrogen (secondary N) is 1. The smallest absolute Gasteiger partial charge is 0.225 e. The molecule has 1 aliphatic heterocycles. The van der Waals surface area contributed by atoms with Crippen molar-refractivity contribution in [2.24, 2.45) is 5.92 Å². The highest BCUT2D eigenvalue weighted by Crippen LogP contribution is 2.27. The summed E-state index contributed by atoms with van der Waals surface area (Å²) >= 11 is 1.77. The average molecular weight is 337 g/mol. The van der Waals surface area contributed by atoms with Gasteiger partial charge in [0.1, 0.15) is 0 Å². The Morgan fingerprint density at radius 3 is 2.78 bits per heavy atom. The molecule has 1 aromatic rings. The standard InChI is InChI=1S/C18H28N2O2S/c1-5-7-17(21)20-9-6-8-15(11-20)18(22)19-13(3)16-10-12(2)23-14(16)4/h10,13,15H,5-9,11H2,1-4H3,(H,19,22)/t13-,15+/m0/s1. The largest absolute Gasteiger partial charge is 0.349 e. The second-order valence-electron chi connectivity index (χ2n) is 6.53. The van der Waals surface area contributed by atoms with Gasteiger partial charge in [0, 0.05) is 29.3 Å². The van der Waals surface area contributed by atoms with E-state index in [1.54, 1.807) is 11.3 Å². The molecule has 1 saturated heterocycles. The summed E-state index contributed by atoms with van der Waals surface area (Å²) in [4.78, 5) is 29.0. The van der Waals surface area contributed by atoms with E-state index in [0.717, 1.165) is 25.8 Å². The van der Waals surface area contributed by atoms with Crippen LogP contribution in [-0.2, 0) is 9.59 Å². The molecule has 1 aliphatic rings. The predicted molar refractivity (Wildman–Crippen MR) is 94.6 cm³/mol. The van der Waals surface area contributed by atoms with E-state index >= 15 is 0 Å². The SMILES string of the molecule is CCCC(=O)N1CCC[C@@H](C(=O)N[C@@H](C)c2cc(C)sc2C)C1. The number of likely N-dealkylation sites (tertiary alicyclic amines) is 1. The minimum absolute atomic E-state index is 0.0224. The minimum atomic E-state index is -0.0768. The van der Waals surface area contributed by atoms with Crippen LogP contribution in [-0.4, -0.2) is 29.8 Å². The molecule has 0 saturated carbocycles. The Labute approximate surface area is 143 Å². The van der Waals surface area contributed by atoms with Crippen molar-refractivity contribution in [2.45, 2.75) is 59.4 Å². The van der Waals surface area contributed by atoms with Gasteiger partial charge in [-0.1, -0.05) is 6.92 Å². The molecule has 0 unspecified atom stereocenters. The van der Waals surface area contributed by atoms with Crippen LogP contribution < -0.4 is 5.32 Å². The van der Waals surface area contributed by atoms with Crippen LogP contribution in [0.5, 0.6) is 0 Å². The van der Waals surface area contributed by atoms with Crippen molar-refractivity contribution in [3.8, 4) is 0 Å². The number of piperidine rings is 1. The molecule has 1 fully saturated rings. The van der Waals surface area contributed by atoms with E-state index in [2.05, 4.69) is 25.2 Å². The van der Waals surface area contributed by atoms with E-state index in [-0.39, 0.29) is 23.8 Å². The normalized spacial score (nSPS) is 19.5. The van der Waals surface area contributed by atoms with E-state index in [0.29, 0.717) is 13.0 Å². The molecule has 1 aromatic heterocycles. The van der Waals surface area contributed by atoms with Gasteiger partial charge in [-0.15, -0.1) is 11.3 Å². The Hall–Kier alpha value is -1.36. The number of hydrogen-bond donors (Lipinski definition) is 1. The van der Waals surface area contributed by atoms with E-state index in [1.807, 2.05) is 18.7 Å². The highest BCUT2D eigenvalue weighted by molar-refractivity contribution is 7.12. The number of rotatable bonds is 5. The summed E-state index contributed by atoms with van der Waals surface area (Å²) in [6.45, 7) is 9.60. The second kappa shape index (κ2) is 7.95. The van der Waals surface area contributed by atoms with E-state index in [4.69, 9.17) is 0 Å².